The molecule has 0 bridgehead atoms. The molecule has 4 N–H and O–H groups in total. The van der Waals surface area contributed by atoms with Crippen LogP contribution in [0.1, 0.15) is 64.5 Å². The van der Waals surface area contributed by atoms with Gasteiger partial charge in [-0.3, -0.25) is 39.4 Å². The second kappa shape index (κ2) is 16.7. The highest BCUT2D eigenvalue weighted by molar-refractivity contribution is 6.04. The number of imide groups is 1. The maximum absolute atomic E-state index is 13.3. The number of carbonyl (C=O) groups excluding carboxylic acids is 4. The number of nitrogens with zero attached hydrogens (tertiary/aromatic N) is 5. The number of aromatic nitrogens is 2. The Morgan fingerprint density at radius 2 is 1.61 bits per heavy atom. The molecule has 0 aliphatic carbocycles. The number of piperidine rings is 2. The average Bonchev–Trinajstić information content (AvgIpc) is 3.83. The molecule has 0 saturated carbocycles. The van der Waals surface area contributed by atoms with Crippen LogP contribution in [0.15, 0.2) is 78.9 Å². The van der Waals surface area contributed by atoms with Crippen LogP contribution >= 0.6 is 0 Å². The maximum atomic E-state index is 13.3. The van der Waals surface area contributed by atoms with Crippen molar-refractivity contribution in [1.82, 2.24) is 30.2 Å². The van der Waals surface area contributed by atoms with Crippen molar-refractivity contribution in [2.24, 2.45) is 0 Å². The lowest BCUT2D eigenvalue weighted by molar-refractivity contribution is -0.143. The summed E-state index contributed by atoms with van der Waals surface area (Å²) in [5.74, 6) is -0.406. The molecule has 292 valence electrons. The second-order valence-corrected chi connectivity index (χ2v) is 15.1. The predicted octanol–water partition coefficient (Wildman–Crippen LogP) is 3.90. The van der Waals surface area contributed by atoms with Crippen LogP contribution < -0.4 is 20.9 Å². The summed E-state index contributed by atoms with van der Waals surface area (Å²) in [5.41, 5.74) is 6.21. The summed E-state index contributed by atoms with van der Waals surface area (Å²) < 4.78 is 5.56. The number of ether oxygens (including phenoxy) is 1. The molecule has 14 heteroatoms. The van der Waals surface area contributed by atoms with Crippen molar-refractivity contribution >= 4 is 40.8 Å². The van der Waals surface area contributed by atoms with Crippen molar-refractivity contribution in [2.75, 3.05) is 61.9 Å². The third-order valence-electron chi connectivity index (χ3n) is 11.6. The zero-order chi connectivity index (χ0) is 38.6. The number of rotatable bonds is 11. The van der Waals surface area contributed by atoms with Crippen molar-refractivity contribution in [3.8, 4) is 0 Å². The summed E-state index contributed by atoms with van der Waals surface area (Å²) in [6.07, 6.45) is 2.37. The van der Waals surface area contributed by atoms with E-state index in [0.717, 1.165) is 86.9 Å². The van der Waals surface area contributed by atoms with Crippen LogP contribution in [0.3, 0.4) is 0 Å². The molecular weight excluding hydrogens is 711 g/mol. The number of nitrogens with one attached hydrogen (secondary N) is 4. The van der Waals surface area contributed by atoms with Crippen LogP contribution in [-0.2, 0) is 38.8 Å². The monoisotopic (exact) mass is 759 g/mol. The topological polar surface area (TPSA) is 155 Å². The number of piperazine rings is 1. The van der Waals surface area contributed by atoms with E-state index >= 15 is 0 Å². The van der Waals surface area contributed by atoms with Gasteiger partial charge in [-0.2, -0.15) is 5.10 Å². The van der Waals surface area contributed by atoms with Gasteiger partial charge in [0.05, 0.1) is 18.8 Å². The molecular formula is C42H49N9O5. The summed E-state index contributed by atoms with van der Waals surface area (Å²) in [5, 5.41) is 15.9. The minimum atomic E-state index is -0.700. The summed E-state index contributed by atoms with van der Waals surface area (Å²) in [4.78, 5) is 59.4. The molecule has 4 aromatic rings. The van der Waals surface area contributed by atoms with Crippen LogP contribution in [0.2, 0.25) is 0 Å². The molecule has 0 radical (unpaired) electrons. The molecule has 56 heavy (non-hydrogen) atoms. The highest BCUT2D eigenvalue weighted by Crippen LogP contribution is 2.31. The average molecular weight is 760 g/mol. The first-order chi connectivity index (χ1) is 27.3. The van der Waals surface area contributed by atoms with Gasteiger partial charge < -0.3 is 25.2 Å². The smallest absolute Gasteiger partial charge is 0.256 e. The number of amides is 4. The van der Waals surface area contributed by atoms with Gasteiger partial charge in [0.25, 0.3) is 11.8 Å². The van der Waals surface area contributed by atoms with Gasteiger partial charge in [-0.15, -0.1) is 0 Å². The molecule has 1 aromatic heterocycles. The van der Waals surface area contributed by atoms with E-state index in [-0.39, 0.29) is 29.7 Å². The van der Waals surface area contributed by atoms with Gasteiger partial charge in [0.15, 0.2) is 11.9 Å². The van der Waals surface area contributed by atoms with Gasteiger partial charge >= 0.3 is 0 Å². The van der Waals surface area contributed by atoms with Crippen LogP contribution in [0.4, 0.5) is 17.2 Å². The van der Waals surface area contributed by atoms with E-state index in [1.807, 2.05) is 66.7 Å². The number of fused-ring (bicyclic) bond motifs is 1. The first kappa shape index (κ1) is 37.4. The van der Waals surface area contributed by atoms with E-state index in [2.05, 4.69) is 53.0 Å². The van der Waals surface area contributed by atoms with Gasteiger partial charge in [-0.1, -0.05) is 42.5 Å². The number of aromatic amines is 1. The largest absolute Gasteiger partial charge is 0.374 e. The number of hydrogen-bond donors (Lipinski definition) is 4. The first-order valence-electron chi connectivity index (χ1n) is 19.6. The zero-order valence-corrected chi connectivity index (χ0v) is 31.7. The van der Waals surface area contributed by atoms with Crippen molar-refractivity contribution in [2.45, 2.75) is 63.5 Å². The second-order valence-electron chi connectivity index (χ2n) is 15.1. The van der Waals surface area contributed by atoms with Gasteiger partial charge in [0.2, 0.25) is 11.8 Å². The van der Waals surface area contributed by atoms with Gasteiger partial charge in [0, 0.05) is 87.9 Å². The van der Waals surface area contributed by atoms with E-state index in [9.17, 15) is 19.2 Å². The molecule has 3 saturated heterocycles. The zero-order valence-electron chi connectivity index (χ0n) is 31.7. The van der Waals surface area contributed by atoms with E-state index < -0.39 is 6.10 Å². The number of anilines is 3. The minimum Gasteiger partial charge on any atom is -0.374 e. The van der Waals surface area contributed by atoms with Crippen molar-refractivity contribution in [3.63, 3.8) is 0 Å². The molecule has 4 amide bonds. The lowest BCUT2D eigenvalue weighted by Crippen LogP contribution is -2.53. The molecule has 2 atom stereocenters. The Kier molecular flexibility index (Phi) is 11.1. The molecule has 4 aliphatic rings. The van der Waals surface area contributed by atoms with E-state index in [1.165, 1.54) is 12.7 Å². The fourth-order valence-electron chi connectivity index (χ4n) is 8.35. The SMILES string of the molecule is CO[C@@H](C(=O)N1Cc2[nH]nc(NC(=O)c3ccc(N4CCC(N5CCN(Cc6ccc(NC7CCC(=O)NC7=O)cc6)CC5)CC4)cc3)c2C1)c1ccccc1. The fourth-order valence-corrected chi connectivity index (χ4v) is 8.35. The van der Waals surface area contributed by atoms with E-state index in [1.54, 1.807) is 4.90 Å². The van der Waals surface area contributed by atoms with E-state index in [4.69, 9.17) is 4.74 Å². The number of carbonyl (C=O) groups is 4. The van der Waals surface area contributed by atoms with Gasteiger partial charge in [-0.25, -0.2) is 0 Å². The highest BCUT2D eigenvalue weighted by Gasteiger charge is 2.34. The van der Waals surface area contributed by atoms with Crippen LogP contribution in [0.5, 0.6) is 0 Å². The van der Waals surface area contributed by atoms with Crippen molar-refractivity contribution in [3.05, 3.63) is 107 Å². The summed E-state index contributed by atoms with van der Waals surface area (Å²) >= 11 is 0. The van der Waals surface area contributed by atoms with Gasteiger partial charge in [-0.05, 0) is 66.8 Å². The Balaban J connectivity index is 0.767. The lowest BCUT2D eigenvalue weighted by atomic mass is 10.0. The summed E-state index contributed by atoms with van der Waals surface area (Å²) in [6, 6.07) is 25.7. The molecule has 3 fully saturated rings. The molecule has 5 heterocycles. The summed E-state index contributed by atoms with van der Waals surface area (Å²) in [7, 11) is 1.54. The standard InChI is InChI=1S/C42H49N9O5/c1-56-38(29-5-3-2-4-6-29)42(55)51-26-34-36(27-51)46-47-39(34)45-40(53)30-9-13-32(14-10-30)49-19-17-33(18-20-49)50-23-21-48(22-24-50)25-28-7-11-31(12-8-28)43-35-15-16-37(52)44-41(35)54/h2-14,33,35,38,43H,15-27H2,1H3,(H,44,52,54)(H2,45,46,47,53)/t35?,38-/m1/s1. The molecule has 14 nitrogen and oxygen atoms in total. The Bertz CT molecular complexity index is 2020. The molecule has 1 unspecified atom stereocenters. The third-order valence-corrected chi connectivity index (χ3v) is 11.6. The predicted molar refractivity (Wildman–Crippen MR) is 212 cm³/mol. The third kappa shape index (κ3) is 8.32. The lowest BCUT2D eigenvalue weighted by Gasteiger charge is -2.43. The number of H-pyrrole nitrogens is 1. The number of hydrogen-bond acceptors (Lipinski definition) is 10. The molecule has 3 aromatic carbocycles. The van der Waals surface area contributed by atoms with Crippen LogP contribution in [0.25, 0.3) is 0 Å². The first-order valence-corrected chi connectivity index (χ1v) is 19.6. The molecule has 8 rings (SSSR count). The van der Waals surface area contributed by atoms with Crippen molar-refractivity contribution in [1.29, 1.82) is 0 Å². The molecule has 4 aliphatic heterocycles. The van der Waals surface area contributed by atoms with Crippen LogP contribution in [-0.4, -0.2) is 107 Å². The highest BCUT2D eigenvalue weighted by atomic mass is 16.5. The van der Waals surface area contributed by atoms with Crippen molar-refractivity contribution < 1.29 is 23.9 Å². The minimum absolute atomic E-state index is 0.137. The number of benzene rings is 3. The van der Waals surface area contributed by atoms with Gasteiger partial charge in [0.1, 0.15) is 6.04 Å². The molecule has 0 spiro atoms. The fraction of sp³-hybridized carbons (Fsp3) is 0.405. The Hall–Kier alpha value is -5.57. The quantitative estimate of drug-likeness (QED) is 0.166. The normalized spacial score (nSPS) is 20.1. The van der Waals surface area contributed by atoms with Crippen LogP contribution in [0, 0.1) is 0 Å². The summed E-state index contributed by atoms with van der Waals surface area (Å²) in [6.45, 7) is 7.71. The Morgan fingerprint density at radius 1 is 0.875 bits per heavy atom. The Morgan fingerprint density at radius 3 is 2.30 bits per heavy atom. The maximum Gasteiger partial charge on any atom is 0.256 e. The number of methoxy groups -OCH3 is 1. The van der Waals surface area contributed by atoms with E-state index in [0.29, 0.717) is 43.4 Å². The Labute approximate surface area is 326 Å².